The van der Waals surface area contributed by atoms with E-state index in [-0.39, 0.29) is 6.04 Å². The number of nitrogens with two attached hydrogens (primary N) is 1. The predicted octanol–water partition coefficient (Wildman–Crippen LogP) is 1.89. The topological polar surface area (TPSA) is 43.1 Å². The van der Waals surface area contributed by atoms with E-state index >= 15 is 0 Å². The van der Waals surface area contributed by atoms with Gasteiger partial charge in [0.1, 0.15) is 12.1 Å². The zero-order valence-corrected chi connectivity index (χ0v) is 7.50. The lowest BCUT2D eigenvalue weighted by Gasteiger charge is -2.06. The maximum atomic E-state index is 12.1. The minimum Gasteiger partial charge on any atom is -0.327 e. The summed E-state index contributed by atoms with van der Waals surface area (Å²) in [5, 5.41) is 0. The number of carbonyl (C=O) groups excluding carboxylic acids is 1. The monoisotopic (exact) mass is 183 g/mol. The number of hydrogen-bond acceptors (Lipinski definition) is 2. The summed E-state index contributed by atoms with van der Waals surface area (Å²) in [4.78, 5) is 10.1. The molecule has 13 heavy (non-hydrogen) atoms. The molecule has 0 aliphatic carbocycles. The second-order valence-electron chi connectivity index (χ2n) is 2.81. The highest BCUT2D eigenvalue weighted by atomic mass is 19.1. The Morgan fingerprint density at radius 3 is 2.54 bits per heavy atom. The van der Waals surface area contributed by atoms with Crippen LogP contribution in [-0.4, -0.2) is 12.3 Å². The van der Waals surface area contributed by atoms with Crippen LogP contribution in [0.15, 0.2) is 36.7 Å². The van der Waals surface area contributed by atoms with E-state index in [9.17, 15) is 9.18 Å². The Labute approximate surface area is 77.6 Å². The van der Waals surface area contributed by atoms with Gasteiger partial charge in [0.25, 0.3) is 0 Å². The van der Waals surface area contributed by atoms with Crippen molar-refractivity contribution in [1.29, 1.82) is 0 Å². The maximum Gasteiger partial charge on any atom is 0.121 e. The van der Waals surface area contributed by atoms with E-state index in [1.165, 1.54) is 12.2 Å². The van der Waals surface area contributed by atoms with E-state index in [0.717, 1.165) is 6.29 Å². The molecule has 0 amide bonds. The molecule has 0 fully saturated rings. The number of aldehydes is 1. The van der Waals surface area contributed by atoms with Gasteiger partial charge in [-0.2, -0.15) is 0 Å². The van der Waals surface area contributed by atoms with Crippen molar-refractivity contribution in [3.8, 4) is 0 Å². The zero-order valence-electron chi connectivity index (χ0n) is 7.50. The summed E-state index contributed by atoms with van der Waals surface area (Å²) in [6, 6.07) is -0.234. The fourth-order valence-electron chi connectivity index (χ4n) is 0.820. The molecule has 0 unspecified atom stereocenters. The van der Waals surface area contributed by atoms with Crippen molar-refractivity contribution in [3.63, 3.8) is 0 Å². The van der Waals surface area contributed by atoms with Crippen LogP contribution >= 0.6 is 0 Å². The molecule has 2 N–H and O–H groups in total. The number of hydrogen-bond donors (Lipinski definition) is 1. The lowest BCUT2D eigenvalue weighted by atomic mass is 10.1. The smallest absolute Gasteiger partial charge is 0.121 e. The van der Waals surface area contributed by atoms with Crippen molar-refractivity contribution in [3.05, 3.63) is 36.7 Å². The van der Waals surface area contributed by atoms with Gasteiger partial charge in [0.15, 0.2) is 0 Å². The van der Waals surface area contributed by atoms with Crippen molar-refractivity contribution < 1.29 is 9.18 Å². The SMILES string of the molecule is C=C(F)/C=C\C(=C)C[C@@H](N)CC=O. The van der Waals surface area contributed by atoms with E-state index < -0.39 is 5.83 Å². The molecule has 0 rings (SSSR count). The van der Waals surface area contributed by atoms with Gasteiger partial charge in [-0.15, -0.1) is 0 Å². The first-order chi connectivity index (χ1) is 6.06. The van der Waals surface area contributed by atoms with Crippen molar-refractivity contribution in [2.24, 2.45) is 5.73 Å². The molecule has 0 aromatic carbocycles. The molecule has 3 heteroatoms. The molecule has 0 bridgehead atoms. The molecule has 0 saturated heterocycles. The fraction of sp³-hybridized carbons (Fsp3) is 0.300. The molecule has 0 aliphatic rings. The van der Waals surface area contributed by atoms with Crippen LogP contribution in [0.1, 0.15) is 12.8 Å². The quantitative estimate of drug-likeness (QED) is 0.504. The molecule has 2 nitrogen and oxygen atoms in total. The molecule has 72 valence electrons. The predicted molar refractivity (Wildman–Crippen MR) is 51.8 cm³/mol. The summed E-state index contributed by atoms with van der Waals surface area (Å²) >= 11 is 0. The van der Waals surface area contributed by atoms with E-state index in [1.54, 1.807) is 0 Å². The van der Waals surface area contributed by atoms with Gasteiger partial charge in [-0.3, -0.25) is 0 Å². The molecule has 0 saturated carbocycles. The van der Waals surface area contributed by atoms with Crippen LogP contribution in [0.25, 0.3) is 0 Å². The standard InChI is InChI=1S/C10H14FNO/c1-8(3-4-9(2)11)7-10(12)5-6-13/h3-4,6,10H,1-2,5,7,12H2/b4-3-/t10-/m0/s1. The highest BCUT2D eigenvalue weighted by Crippen LogP contribution is 2.06. The van der Waals surface area contributed by atoms with Gasteiger partial charge >= 0.3 is 0 Å². The third-order valence-electron chi connectivity index (χ3n) is 1.42. The first-order valence-corrected chi connectivity index (χ1v) is 3.95. The molecule has 0 heterocycles. The van der Waals surface area contributed by atoms with E-state index in [1.807, 2.05) is 0 Å². The van der Waals surface area contributed by atoms with Crippen LogP contribution in [0.4, 0.5) is 4.39 Å². The first kappa shape index (κ1) is 11.8. The van der Waals surface area contributed by atoms with Crippen molar-refractivity contribution in [2.75, 3.05) is 0 Å². The third kappa shape index (κ3) is 7.15. The van der Waals surface area contributed by atoms with Gasteiger partial charge < -0.3 is 10.5 Å². The summed E-state index contributed by atoms with van der Waals surface area (Å²) in [5.41, 5.74) is 6.24. The van der Waals surface area contributed by atoms with E-state index in [2.05, 4.69) is 13.2 Å². The van der Waals surface area contributed by atoms with Gasteiger partial charge in [0.2, 0.25) is 0 Å². The Kier molecular flexibility index (Phi) is 5.72. The normalized spacial score (nSPS) is 12.8. The first-order valence-electron chi connectivity index (χ1n) is 3.95. The van der Waals surface area contributed by atoms with Crippen LogP contribution in [0.5, 0.6) is 0 Å². The second kappa shape index (κ2) is 6.31. The molecule has 1 atom stereocenters. The van der Waals surface area contributed by atoms with Crippen LogP contribution in [0, 0.1) is 0 Å². The van der Waals surface area contributed by atoms with E-state index in [0.29, 0.717) is 18.4 Å². The number of carbonyl (C=O) groups is 1. The van der Waals surface area contributed by atoms with Crippen LogP contribution in [-0.2, 0) is 4.79 Å². The lowest BCUT2D eigenvalue weighted by molar-refractivity contribution is -0.108. The van der Waals surface area contributed by atoms with Gasteiger partial charge in [0.05, 0.1) is 0 Å². The Hall–Kier alpha value is -1.22. The second-order valence-corrected chi connectivity index (χ2v) is 2.81. The fourth-order valence-corrected chi connectivity index (χ4v) is 0.820. The Morgan fingerprint density at radius 1 is 1.46 bits per heavy atom. The van der Waals surface area contributed by atoms with Gasteiger partial charge in [0, 0.05) is 12.5 Å². The number of halogens is 1. The highest BCUT2D eigenvalue weighted by Gasteiger charge is 2.01. The summed E-state index contributed by atoms with van der Waals surface area (Å²) in [5.74, 6) is -0.523. The van der Waals surface area contributed by atoms with Gasteiger partial charge in [-0.25, -0.2) is 4.39 Å². The van der Waals surface area contributed by atoms with Crippen molar-refractivity contribution in [2.45, 2.75) is 18.9 Å². The average molecular weight is 183 g/mol. The summed E-state index contributed by atoms with van der Waals surface area (Å²) in [7, 11) is 0. The molecule has 0 aromatic heterocycles. The maximum absolute atomic E-state index is 12.1. The van der Waals surface area contributed by atoms with Crippen LogP contribution in [0.2, 0.25) is 0 Å². The third-order valence-corrected chi connectivity index (χ3v) is 1.42. The number of allylic oxidation sites excluding steroid dienone is 3. The Morgan fingerprint density at radius 2 is 2.08 bits per heavy atom. The van der Waals surface area contributed by atoms with Crippen molar-refractivity contribution >= 4 is 6.29 Å². The molecular weight excluding hydrogens is 169 g/mol. The summed E-state index contributed by atoms with van der Waals surface area (Å²) < 4.78 is 12.1. The Balaban J connectivity index is 3.86. The Bertz CT molecular complexity index is 233. The van der Waals surface area contributed by atoms with Crippen LogP contribution < -0.4 is 5.73 Å². The van der Waals surface area contributed by atoms with Crippen LogP contribution in [0.3, 0.4) is 0 Å². The number of rotatable bonds is 6. The molecule has 0 spiro atoms. The molecule has 0 aliphatic heterocycles. The molecule has 0 radical (unpaired) electrons. The highest BCUT2D eigenvalue weighted by molar-refractivity contribution is 5.50. The largest absolute Gasteiger partial charge is 0.327 e. The molecular formula is C10H14FNO. The minimum absolute atomic E-state index is 0.234. The van der Waals surface area contributed by atoms with Gasteiger partial charge in [-0.1, -0.05) is 24.8 Å². The summed E-state index contributed by atoms with van der Waals surface area (Å²) in [6.45, 7) is 6.72. The van der Waals surface area contributed by atoms with Gasteiger partial charge in [-0.05, 0) is 12.5 Å². The average Bonchev–Trinajstić information content (AvgIpc) is 2.01. The minimum atomic E-state index is -0.523. The lowest BCUT2D eigenvalue weighted by Crippen LogP contribution is -2.20. The van der Waals surface area contributed by atoms with E-state index in [4.69, 9.17) is 5.73 Å². The zero-order chi connectivity index (χ0) is 10.3. The van der Waals surface area contributed by atoms with Crippen molar-refractivity contribution in [1.82, 2.24) is 0 Å². The summed E-state index contributed by atoms with van der Waals surface area (Å²) in [6.07, 6.45) is 4.27. The molecule has 0 aromatic rings.